The minimum absolute atomic E-state index is 0.596. The molecular weight excluding hydrogens is 186 g/mol. The highest BCUT2D eigenvalue weighted by atomic mass is 15.0. The van der Waals surface area contributed by atoms with Crippen molar-refractivity contribution in [2.24, 2.45) is 5.92 Å². The smallest absolute Gasteiger partial charge is 0.144 e. The molecule has 1 N–H and O–H groups in total. The molecule has 0 aliphatic rings. The van der Waals surface area contributed by atoms with Gasteiger partial charge in [-0.2, -0.15) is 5.26 Å². The van der Waals surface area contributed by atoms with Crippen molar-refractivity contribution in [2.75, 3.05) is 11.9 Å². The summed E-state index contributed by atoms with van der Waals surface area (Å²) in [4.78, 5) is 4.32. The van der Waals surface area contributed by atoms with Crippen LogP contribution in [0.2, 0.25) is 0 Å². The van der Waals surface area contributed by atoms with Crippen molar-refractivity contribution >= 4 is 5.82 Å². The van der Waals surface area contributed by atoms with Crippen molar-refractivity contribution in [1.82, 2.24) is 4.98 Å². The molecule has 0 saturated heterocycles. The molecule has 0 aliphatic heterocycles. The van der Waals surface area contributed by atoms with Crippen molar-refractivity contribution < 1.29 is 0 Å². The molecule has 3 nitrogen and oxygen atoms in total. The summed E-state index contributed by atoms with van der Waals surface area (Å²) in [5, 5.41) is 12.1. The molecule has 0 radical (unpaired) electrons. The number of anilines is 1. The Morgan fingerprint density at radius 3 is 2.87 bits per heavy atom. The molecule has 0 aliphatic carbocycles. The largest absolute Gasteiger partial charge is 0.369 e. The van der Waals surface area contributed by atoms with E-state index >= 15 is 0 Å². The van der Waals surface area contributed by atoms with Gasteiger partial charge in [0.1, 0.15) is 11.9 Å². The third-order valence-electron chi connectivity index (χ3n) is 2.47. The SMILES string of the molecule is CCC(C)CNc1nc(C)ccc1C#N. The summed E-state index contributed by atoms with van der Waals surface area (Å²) < 4.78 is 0. The van der Waals surface area contributed by atoms with Crippen LogP contribution in [0.4, 0.5) is 5.82 Å². The molecule has 0 bridgehead atoms. The van der Waals surface area contributed by atoms with Crippen molar-refractivity contribution in [3.8, 4) is 6.07 Å². The Hall–Kier alpha value is -1.56. The maximum Gasteiger partial charge on any atom is 0.144 e. The monoisotopic (exact) mass is 203 g/mol. The number of nitrogens with zero attached hydrogens (tertiary/aromatic N) is 2. The van der Waals surface area contributed by atoms with Crippen LogP contribution in [0.25, 0.3) is 0 Å². The zero-order chi connectivity index (χ0) is 11.3. The first-order valence-electron chi connectivity index (χ1n) is 5.29. The second-order valence-corrected chi connectivity index (χ2v) is 3.85. The van der Waals surface area contributed by atoms with Crippen LogP contribution in [0.15, 0.2) is 12.1 Å². The number of pyridine rings is 1. The average Bonchev–Trinajstić information content (AvgIpc) is 2.26. The van der Waals surface area contributed by atoms with Crippen LogP contribution in [0.5, 0.6) is 0 Å². The maximum atomic E-state index is 8.90. The second-order valence-electron chi connectivity index (χ2n) is 3.85. The summed E-state index contributed by atoms with van der Waals surface area (Å²) in [6.45, 7) is 7.12. The summed E-state index contributed by atoms with van der Waals surface area (Å²) in [5.74, 6) is 1.30. The van der Waals surface area contributed by atoms with Crippen molar-refractivity contribution in [1.29, 1.82) is 5.26 Å². The Kier molecular flexibility index (Phi) is 4.11. The number of aryl methyl sites for hydroxylation is 1. The van der Waals surface area contributed by atoms with Gasteiger partial charge in [-0.3, -0.25) is 0 Å². The standard InChI is InChI=1S/C12H17N3/c1-4-9(2)8-14-12-11(7-13)6-5-10(3)15-12/h5-6,9H,4,8H2,1-3H3,(H,14,15). The van der Waals surface area contributed by atoms with Crippen LogP contribution < -0.4 is 5.32 Å². The lowest BCUT2D eigenvalue weighted by Gasteiger charge is -2.11. The van der Waals surface area contributed by atoms with Crippen LogP contribution in [0, 0.1) is 24.2 Å². The molecular formula is C12H17N3. The van der Waals surface area contributed by atoms with Crippen molar-refractivity contribution in [2.45, 2.75) is 27.2 Å². The van der Waals surface area contributed by atoms with E-state index in [9.17, 15) is 0 Å². The van der Waals surface area contributed by atoms with E-state index in [-0.39, 0.29) is 0 Å². The lowest BCUT2D eigenvalue weighted by Crippen LogP contribution is -2.12. The maximum absolute atomic E-state index is 8.90. The highest BCUT2D eigenvalue weighted by molar-refractivity contribution is 5.52. The lowest BCUT2D eigenvalue weighted by atomic mass is 10.1. The summed E-state index contributed by atoms with van der Waals surface area (Å²) in [6, 6.07) is 5.80. The molecule has 1 aromatic heterocycles. The van der Waals surface area contributed by atoms with Gasteiger partial charge < -0.3 is 5.32 Å². The Morgan fingerprint density at radius 2 is 2.27 bits per heavy atom. The van der Waals surface area contributed by atoms with Crippen LogP contribution >= 0.6 is 0 Å². The number of rotatable bonds is 4. The zero-order valence-electron chi connectivity index (χ0n) is 9.54. The molecule has 0 saturated carbocycles. The third kappa shape index (κ3) is 3.25. The molecule has 0 aromatic carbocycles. The molecule has 3 heteroatoms. The molecule has 0 fully saturated rings. The highest BCUT2D eigenvalue weighted by Crippen LogP contribution is 2.13. The molecule has 15 heavy (non-hydrogen) atoms. The van der Waals surface area contributed by atoms with Gasteiger partial charge in [-0.25, -0.2) is 4.98 Å². The summed E-state index contributed by atoms with van der Waals surface area (Å²) in [6.07, 6.45) is 1.13. The van der Waals surface area contributed by atoms with Crippen LogP contribution in [0.1, 0.15) is 31.5 Å². The quantitative estimate of drug-likeness (QED) is 0.818. The van der Waals surface area contributed by atoms with Crippen LogP contribution in [-0.2, 0) is 0 Å². The van der Waals surface area contributed by atoms with E-state index in [1.54, 1.807) is 6.07 Å². The third-order valence-corrected chi connectivity index (χ3v) is 2.47. The minimum atomic E-state index is 0.596. The van der Waals surface area contributed by atoms with Gasteiger partial charge >= 0.3 is 0 Å². The van der Waals surface area contributed by atoms with E-state index in [4.69, 9.17) is 5.26 Å². The Bertz CT molecular complexity index is 366. The fourth-order valence-electron chi connectivity index (χ4n) is 1.20. The fraction of sp³-hybridized carbons (Fsp3) is 0.500. The first-order valence-corrected chi connectivity index (χ1v) is 5.29. The zero-order valence-corrected chi connectivity index (χ0v) is 9.54. The number of nitrogens with one attached hydrogen (secondary N) is 1. The van der Waals surface area contributed by atoms with E-state index in [2.05, 4.69) is 30.2 Å². The number of hydrogen-bond donors (Lipinski definition) is 1. The molecule has 0 amide bonds. The molecule has 1 atom stereocenters. The minimum Gasteiger partial charge on any atom is -0.369 e. The average molecular weight is 203 g/mol. The fourth-order valence-corrected chi connectivity index (χ4v) is 1.20. The van der Waals surface area contributed by atoms with Gasteiger partial charge in [-0.05, 0) is 25.0 Å². The predicted molar refractivity (Wildman–Crippen MR) is 61.6 cm³/mol. The Morgan fingerprint density at radius 1 is 1.53 bits per heavy atom. The normalized spacial score (nSPS) is 11.9. The molecule has 0 spiro atoms. The van der Waals surface area contributed by atoms with E-state index in [0.29, 0.717) is 17.3 Å². The number of nitriles is 1. The van der Waals surface area contributed by atoms with Gasteiger partial charge in [0, 0.05) is 12.2 Å². The first kappa shape index (κ1) is 11.5. The molecule has 1 heterocycles. The van der Waals surface area contributed by atoms with Crippen molar-refractivity contribution in [3.05, 3.63) is 23.4 Å². The van der Waals surface area contributed by atoms with Gasteiger partial charge in [0.05, 0.1) is 5.56 Å². The van der Waals surface area contributed by atoms with E-state index < -0.39 is 0 Å². The van der Waals surface area contributed by atoms with Crippen LogP contribution in [0.3, 0.4) is 0 Å². The van der Waals surface area contributed by atoms with Gasteiger partial charge in [0.15, 0.2) is 0 Å². The predicted octanol–water partition coefficient (Wildman–Crippen LogP) is 2.72. The first-order chi connectivity index (χ1) is 7.17. The van der Waals surface area contributed by atoms with E-state index in [1.807, 2.05) is 13.0 Å². The van der Waals surface area contributed by atoms with E-state index in [1.165, 1.54) is 0 Å². The number of aromatic nitrogens is 1. The van der Waals surface area contributed by atoms with Crippen LogP contribution in [-0.4, -0.2) is 11.5 Å². The summed E-state index contributed by atoms with van der Waals surface area (Å²) in [7, 11) is 0. The molecule has 80 valence electrons. The Labute approximate surface area is 91.1 Å². The molecule has 1 aromatic rings. The topological polar surface area (TPSA) is 48.7 Å². The van der Waals surface area contributed by atoms with E-state index in [0.717, 1.165) is 18.7 Å². The summed E-state index contributed by atoms with van der Waals surface area (Å²) >= 11 is 0. The summed E-state index contributed by atoms with van der Waals surface area (Å²) in [5.41, 5.74) is 1.55. The van der Waals surface area contributed by atoms with Gasteiger partial charge in [-0.15, -0.1) is 0 Å². The molecule has 1 rings (SSSR count). The molecule has 1 unspecified atom stereocenters. The van der Waals surface area contributed by atoms with Gasteiger partial charge in [0.2, 0.25) is 0 Å². The van der Waals surface area contributed by atoms with Crippen molar-refractivity contribution in [3.63, 3.8) is 0 Å². The van der Waals surface area contributed by atoms with Gasteiger partial charge in [0.25, 0.3) is 0 Å². The Balaban J connectivity index is 2.75. The van der Waals surface area contributed by atoms with Gasteiger partial charge in [-0.1, -0.05) is 20.3 Å². The highest BCUT2D eigenvalue weighted by Gasteiger charge is 2.05. The lowest BCUT2D eigenvalue weighted by molar-refractivity contribution is 0.592. The number of hydrogen-bond acceptors (Lipinski definition) is 3. The second kappa shape index (κ2) is 5.35.